The Morgan fingerprint density at radius 2 is 1.87 bits per heavy atom. The molecule has 1 saturated carbocycles. The van der Waals surface area contributed by atoms with Gasteiger partial charge >= 0.3 is 0 Å². The van der Waals surface area contributed by atoms with Gasteiger partial charge in [0.15, 0.2) is 0 Å². The number of carbonyl (C=O) groups excluding carboxylic acids is 1. The summed E-state index contributed by atoms with van der Waals surface area (Å²) in [5.74, 6) is 0.271. The average molecular weight is 337 g/mol. The molecule has 1 aliphatic heterocycles. The molecule has 1 amide bonds. The monoisotopic (exact) mass is 337 g/mol. The molecule has 0 aromatic heterocycles. The molecule has 0 radical (unpaired) electrons. The third-order valence-corrected chi connectivity index (χ3v) is 6.01. The molecule has 1 aromatic rings. The Morgan fingerprint density at radius 3 is 2.48 bits per heavy atom. The van der Waals surface area contributed by atoms with Crippen LogP contribution < -0.4 is 15.4 Å². The van der Waals surface area contributed by atoms with Crippen LogP contribution in [0.1, 0.15) is 36.5 Å². The molecule has 7 heteroatoms. The number of sulfonamides is 1. The summed E-state index contributed by atoms with van der Waals surface area (Å²) in [6.07, 6.45) is 2.83. The highest BCUT2D eigenvalue weighted by atomic mass is 32.2. The first-order valence-electron chi connectivity index (χ1n) is 8.10. The molecular weight excluding hydrogens is 314 g/mol. The summed E-state index contributed by atoms with van der Waals surface area (Å²) in [5, 5.41) is 6.29. The largest absolute Gasteiger partial charge is 0.348 e. The zero-order valence-corrected chi connectivity index (χ0v) is 14.0. The van der Waals surface area contributed by atoms with Crippen LogP contribution in [0.25, 0.3) is 0 Å². The quantitative estimate of drug-likeness (QED) is 0.743. The Morgan fingerprint density at radius 1 is 1.17 bits per heavy atom. The van der Waals surface area contributed by atoms with E-state index in [0.29, 0.717) is 11.5 Å². The molecule has 126 valence electrons. The molecule has 2 fully saturated rings. The minimum absolute atomic E-state index is 0.0725. The smallest absolute Gasteiger partial charge is 0.251 e. The van der Waals surface area contributed by atoms with Crippen molar-refractivity contribution in [2.45, 2.75) is 43.2 Å². The van der Waals surface area contributed by atoms with E-state index in [-0.39, 0.29) is 22.9 Å². The molecule has 2 unspecified atom stereocenters. The molecule has 1 aliphatic carbocycles. The fourth-order valence-corrected chi connectivity index (χ4v) is 4.01. The second-order valence-corrected chi connectivity index (χ2v) is 8.18. The fraction of sp³-hybridized carbons (Fsp3) is 0.562. The Kier molecular flexibility index (Phi) is 4.70. The van der Waals surface area contributed by atoms with Crippen LogP contribution in [0.3, 0.4) is 0 Å². The number of nitrogens with one attached hydrogen (secondary N) is 3. The number of piperidine rings is 1. The maximum atomic E-state index is 12.3. The Balaban J connectivity index is 1.65. The first-order chi connectivity index (χ1) is 11.0. The van der Waals surface area contributed by atoms with Crippen molar-refractivity contribution >= 4 is 15.9 Å². The topological polar surface area (TPSA) is 87.3 Å². The van der Waals surface area contributed by atoms with Gasteiger partial charge in [0.25, 0.3) is 5.91 Å². The summed E-state index contributed by atoms with van der Waals surface area (Å²) in [6.45, 7) is 3.88. The summed E-state index contributed by atoms with van der Waals surface area (Å²) in [6, 6.07) is 6.29. The number of benzene rings is 1. The molecule has 0 spiro atoms. The van der Waals surface area contributed by atoms with Crippen molar-refractivity contribution in [3.8, 4) is 0 Å². The lowest BCUT2D eigenvalue weighted by Gasteiger charge is -2.30. The molecule has 23 heavy (non-hydrogen) atoms. The first kappa shape index (κ1) is 16.4. The standard InChI is InChI=1S/C16H23N3O3S/c1-11-8-9-17-10-15(11)18-16(20)12-2-6-14(7-3-12)23(21,22)19-13-4-5-13/h2-3,6-7,11,13,15,17,19H,4-5,8-10H2,1H3,(H,18,20). The predicted molar refractivity (Wildman–Crippen MR) is 87.7 cm³/mol. The Hall–Kier alpha value is -1.44. The highest BCUT2D eigenvalue weighted by Crippen LogP contribution is 2.22. The van der Waals surface area contributed by atoms with Crippen molar-refractivity contribution in [2.24, 2.45) is 5.92 Å². The van der Waals surface area contributed by atoms with E-state index in [1.54, 1.807) is 12.1 Å². The number of amides is 1. The van der Waals surface area contributed by atoms with E-state index in [4.69, 9.17) is 0 Å². The third kappa shape index (κ3) is 4.10. The molecule has 1 heterocycles. The summed E-state index contributed by atoms with van der Waals surface area (Å²) in [5.41, 5.74) is 0.480. The van der Waals surface area contributed by atoms with E-state index < -0.39 is 10.0 Å². The van der Waals surface area contributed by atoms with Crippen LogP contribution in [0, 0.1) is 5.92 Å². The number of rotatable bonds is 5. The van der Waals surface area contributed by atoms with Gasteiger partial charge in [-0.1, -0.05) is 6.92 Å². The number of hydrogen-bond donors (Lipinski definition) is 3. The average Bonchev–Trinajstić information content (AvgIpc) is 3.33. The predicted octanol–water partition coefficient (Wildman–Crippen LogP) is 0.855. The van der Waals surface area contributed by atoms with Crippen LogP contribution in [0.4, 0.5) is 0 Å². The van der Waals surface area contributed by atoms with Gasteiger partial charge in [-0.25, -0.2) is 13.1 Å². The van der Waals surface area contributed by atoms with Crippen LogP contribution in [-0.4, -0.2) is 39.5 Å². The van der Waals surface area contributed by atoms with Gasteiger partial charge in [-0.2, -0.15) is 0 Å². The lowest BCUT2D eigenvalue weighted by molar-refractivity contribution is 0.0915. The Bertz CT molecular complexity index is 668. The first-order valence-corrected chi connectivity index (χ1v) is 9.58. The van der Waals surface area contributed by atoms with Crippen LogP contribution in [0.15, 0.2) is 29.2 Å². The van der Waals surface area contributed by atoms with Crippen molar-refractivity contribution in [2.75, 3.05) is 13.1 Å². The second-order valence-electron chi connectivity index (χ2n) is 6.47. The molecular formula is C16H23N3O3S. The van der Waals surface area contributed by atoms with E-state index in [2.05, 4.69) is 22.3 Å². The third-order valence-electron chi connectivity index (χ3n) is 4.47. The maximum Gasteiger partial charge on any atom is 0.251 e. The Labute approximate surface area is 137 Å². The number of carbonyl (C=O) groups is 1. The van der Waals surface area contributed by atoms with Gasteiger partial charge in [0.2, 0.25) is 10.0 Å². The van der Waals surface area contributed by atoms with Crippen LogP contribution in [0.5, 0.6) is 0 Å². The zero-order valence-electron chi connectivity index (χ0n) is 13.2. The van der Waals surface area contributed by atoms with Crippen LogP contribution in [0.2, 0.25) is 0 Å². The molecule has 0 bridgehead atoms. The lowest BCUT2D eigenvalue weighted by atomic mass is 9.94. The molecule has 6 nitrogen and oxygen atoms in total. The molecule has 3 rings (SSSR count). The maximum absolute atomic E-state index is 12.3. The van der Waals surface area contributed by atoms with Crippen molar-refractivity contribution in [3.63, 3.8) is 0 Å². The summed E-state index contributed by atoms with van der Waals surface area (Å²) < 4.78 is 26.8. The molecule has 2 atom stereocenters. The van der Waals surface area contributed by atoms with Gasteiger partial charge in [-0.3, -0.25) is 4.79 Å². The van der Waals surface area contributed by atoms with E-state index >= 15 is 0 Å². The van der Waals surface area contributed by atoms with Gasteiger partial charge in [-0.05, 0) is 56.0 Å². The van der Waals surface area contributed by atoms with Gasteiger partial charge in [-0.15, -0.1) is 0 Å². The van der Waals surface area contributed by atoms with Gasteiger partial charge in [0, 0.05) is 24.2 Å². The minimum Gasteiger partial charge on any atom is -0.348 e. The lowest BCUT2D eigenvalue weighted by Crippen LogP contribution is -2.50. The summed E-state index contributed by atoms with van der Waals surface area (Å²) in [4.78, 5) is 12.5. The van der Waals surface area contributed by atoms with Crippen molar-refractivity contribution < 1.29 is 13.2 Å². The molecule has 1 saturated heterocycles. The van der Waals surface area contributed by atoms with E-state index in [0.717, 1.165) is 32.4 Å². The van der Waals surface area contributed by atoms with Crippen molar-refractivity contribution in [1.82, 2.24) is 15.4 Å². The highest BCUT2D eigenvalue weighted by Gasteiger charge is 2.28. The normalized spacial score (nSPS) is 25.1. The molecule has 2 aliphatic rings. The fourth-order valence-electron chi connectivity index (χ4n) is 2.71. The van der Waals surface area contributed by atoms with E-state index in [1.165, 1.54) is 12.1 Å². The van der Waals surface area contributed by atoms with Gasteiger partial charge in [0.05, 0.1) is 4.90 Å². The SMILES string of the molecule is CC1CCNCC1NC(=O)c1ccc(S(=O)(=O)NC2CC2)cc1. The van der Waals surface area contributed by atoms with E-state index in [9.17, 15) is 13.2 Å². The number of hydrogen-bond acceptors (Lipinski definition) is 4. The molecule has 1 aromatic carbocycles. The van der Waals surface area contributed by atoms with Gasteiger partial charge in [0.1, 0.15) is 0 Å². The zero-order chi connectivity index (χ0) is 16.4. The van der Waals surface area contributed by atoms with Crippen LogP contribution >= 0.6 is 0 Å². The van der Waals surface area contributed by atoms with Crippen LogP contribution in [-0.2, 0) is 10.0 Å². The highest BCUT2D eigenvalue weighted by molar-refractivity contribution is 7.89. The summed E-state index contributed by atoms with van der Waals surface area (Å²) >= 11 is 0. The van der Waals surface area contributed by atoms with E-state index in [1.807, 2.05) is 0 Å². The van der Waals surface area contributed by atoms with Crippen molar-refractivity contribution in [1.29, 1.82) is 0 Å². The second kappa shape index (κ2) is 6.59. The van der Waals surface area contributed by atoms with Crippen molar-refractivity contribution in [3.05, 3.63) is 29.8 Å². The minimum atomic E-state index is -3.47. The molecule has 3 N–H and O–H groups in total. The summed E-state index contributed by atoms with van der Waals surface area (Å²) in [7, 11) is -3.47. The van der Waals surface area contributed by atoms with Gasteiger partial charge < -0.3 is 10.6 Å².